The van der Waals surface area contributed by atoms with Crippen LogP contribution in [0.3, 0.4) is 0 Å². The smallest absolute Gasteiger partial charge is 0.387 e. The molecule has 0 saturated heterocycles. The number of hydrogen-bond donors (Lipinski definition) is 0. The number of alkyl halides is 2. The van der Waals surface area contributed by atoms with E-state index < -0.39 is 17.8 Å². The van der Waals surface area contributed by atoms with Gasteiger partial charge in [0.2, 0.25) is 0 Å². The summed E-state index contributed by atoms with van der Waals surface area (Å²) < 4.78 is 50.1. The average Bonchev–Trinajstić information content (AvgIpc) is 2.70. The first kappa shape index (κ1) is 23.0. The van der Waals surface area contributed by atoms with Gasteiger partial charge in [0.25, 0.3) is 0 Å². The van der Waals surface area contributed by atoms with E-state index in [1.54, 1.807) is 36.4 Å². The van der Waals surface area contributed by atoms with Crippen LogP contribution < -0.4 is 9.47 Å². The molecule has 0 spiro atoms. The molecule has 0 heterocycles. The van der Waals surface area contributed by atoms with Crippen molar-refractivity contribution >= 4 is 11.6 Å². The van der Waals surface area contributed by atoms with Crippen LogP contribution in [0.1, 0.15) is 37.8 Å². The van der Waals surface area contributed by atoms with Crippen LogP contribution in [0.25, 0.3) is 0 Å². The molecule has 31 heavy (non-hydrogen) atoms. The van der Waals surface area contributed by atoms with Crippen LogP contribution in [0.2, 0.25) is 5.02 Å². The van der Waals surface area contributed by atoms with Gasteiger partial charge < -0.3 is 9.47 Å². The number of hydrogen-bond acceptors (Lipinski definition) is 2. The maximum atomic E-state index is 14.2. The molecule has 0 N–H and O–H groups in total. The fourth-order valence-electron chi connectivity index (χ4n) is 3.51. The topological polar surface area (TPSA) is 18.5 Å². The lowest BCUT2D eigenvalue weighted by molar-refractivity contribution is -0.0509. The molecule has 0 bridgehead atoms. The molecule has 3 rings (SSSR count). The highest BCUT2D eigenvalue weighted by Crippen LogP contribution is 2.38. The number of rotatable bonds is 9. The molecule has 0 radical (unpaired) electrons. The van der Waals surface area contributed by atoms with E-state index in [1.165, 1.54) is 12.1 Å². The van der Waals surface area contributed by atoms with Gasteiger partial charge in [0.05, 0.1) is 0 Å². The lowest BCUT2D eigenvalue weighted by Gasteiger charge is -2.27. The van der Waals surface area contributed by atoms with Crippen molar-refractivity contribution in [3.8, 4) is 17.2 Å². The minimum atomic E-state index is -2.92. The van der Waals surface area contributed by atoms with Gasteiger partial charge in [-0.3, -0.25) is 0 Å². The molecule has 3 aromatic rings. The van der Waals surface area contributed by atoms with Crippen LogP contribution in [0.5, 0.6) is 17.2 Å². The van der Waals surface area contributed by atoms with E-state index in [2.05, 4.69) is 4.74 Å². The minimum Gasteiger partial charge on any atom is -0.454 e. The van der Waals surface area contributed by atoms with Crippen molar-refractivity contribution in [2.75, 3.05) is 0 Å². The normalized spacial score (nSPS) is 11.6. The molecule has 0 unspecified atom stereocenters. The van der Waals surface area contributed by atoms with E-state index in [-0.39, 0.29) is 11.5 Å². The Labute approximate surface area is 185 Å². The highest BCUT2D eigenvalue weighted by Gasteiger charge is 2.25. The van der Waals surface area contributed by atoms with Crippen LogP contribution in [0, 0.1) is 5.82 Å². The molecule has 0 aliphatic rings. The predicted octanol–water partition coefficient (Wildman–Crippen LogP) is 8.17. The van der Waals surface area contributed by atoms with E-state index in [0.29, 0.717) is 29.2 Å². The summed E-state index contributed by atoms with van der Waals surface area (Å²) in [7, 11) is 0. The molecule has 2 nitrogen and oxygen atoms in total. The van der Waals surface area contributed by atoms with Gasteiger partial charge >= 0.3 is 6.61 Å². The zero-order valence-electron chi connectivity index (χ0n) is 17.4. The number of ether oxygens (including phenoxy) is 2. The van der Waals surface area contributed by atoms with Crippen LogP contribution in [0.15, 0.2) is 66.7 Å². The lowest BCUT2D eigenvalue weighted by atomic mass is 9.79. The van der Waals surface area contributed by atoms with Crippen LogP contribution in [-0.4, -0.2) is 6.61 Å². The van der Waals surface area contributed by atoms with Crippen molar-refractivity contribution in [2.24, 2.45) is 0 Å². The van der Waals surface area contributed by atoms with Gasteiger partial charge in [0.15, 0.2) is 11.6 Å². The fraction of sp³-hybridized carbons (Fsp3) is 0.280. The van der Waals surface area contributed by atoms with Crippen molar-refractivity contribution in [3.05, 3.63) is 88.7 Å². The Balaban J connectivity index is 1.68. The molecule has 3 aromatic carbocycles. The summed E-state index contributed by atoms with van der Waals surface area (Å²) in [5.74, 6) is 0.401. The summed E-state index contributed by atoms with van der Waals surface area (Å²) in [5.41, 5.74) is 1.19. The number of halogens is 4. The first-order valence-corrected chi connectivity index (χ1v) is 10.4. The third-order valence-electron chi connectivity index (χ3n) is 5.12. The standard InChI is InChI=1S/C25H24ClF3O2/c1-25(2,20-12-11-18(26)16-22(20)31-24(28)29)14-6-7-17-10-13-21(27)23(15-17)30-19-8-4-3-5-9-19/h3-5,8-13,15-16,24H,6-7,14H2,1-2H3. The first-order chi connectivity index (χ1) is 14.7. The molecule has 0 aliphatic carbocycles. The molecule has 6 heteroatoms. The highest BCUT2D eigenvalue weighted by molar-refractivity contribution is 6.30. The molecular weight excluding hydrogens is 425 g/mol. The first-order valence-electron chi connectivity index (χ1n) is 10.0. The van der Waals surface area contributed by atoms with E-state index in [9.17, 15) is 13.2 Å². The van der Waals surface area contributed by atoms with Crippen LogP contribution >= 0.6 is 11.6 Å². The Morgan fingerprint density at radius 3 is 2.39 bits per heavy atom. The summed E-state index contributed by atoms with van der Waals surface area (Å²) >= 11 is 5.95. The highest BCUT2D eigenvalue weighted by atomic mass is 35.5. The second kappa shape index (κ2) is 10.1. The maximum Gasteiger partial charge on any atom is 0.387 e. The van der Waals surface area contributed by atoms with Gasteiger partial charge in [0, 0.05) is 10.6 Å². The van der Waals surface area contributed by atoms with Crippen LogP contribution in [0.4, 0.5) is 13.2 Å². The van der Waals surface area contributed by atoms with Gasteiger partial charge in [0.1, 0.15) is 11.5 Å². The Kier molecular flexibility index (Phi) is 7.50. The van der Waals surface area contributed by atoms with Crippen molar-refractivity contribution in [3.63, 3.8) is 0 Å². The Morgan fingerprint density at radius 1 is 0.935 bits per heavy atom. The van der Waals surface area contributed by atoms with E-state index in [4.69, 9.17) is 16.3 Å². The van der Waals surface area contributed by atoms with E-state index >= 15 is 0 Å². The van der Waals surface area contributed by atoms with Crippen LogP contribution in [-0.2, 0) is 11.8 Å². The zero-order valence-corrected chi connectivity index (χ0v) is 18.1. The molecule has 0 amide bonds. The zero-order chi connectivity index (χ0) is 22.4. The van der Waals surface area contributed by atoms with Gasteiger partial charge in [-0.15, -0.1) is 0 Å². The second-order valence-corrected chi connectivity index (χ2v) is 8.37. The largest absolute Gasteiger partial charge is 0.454 e. The molecule has 0 aliphatic heterocycles. The van der Waals surface area contributed by atoms with Gasteiger partial charge in [-0.2, -0.15) is 8.78 Å². The summed E-state index contributed by atoms with van der Waals surface area (Å²) in [5, 5.41) is 0.340. The third-order valence-corrected chi connectivity index (χ3v) is 5.36. The minimum absolute atomic E-state index is 0.0906. The van der Waals surface area contributed by atoms with Crippen molar-refractivity contribution < 1.29 is 22.6 Å². The van der Waals surface area contributed by atoms with Crippen molar-refractivity contribution in [2.45, 2.75) is 45.1 Å². The Hall–Kier alpha value is -2.66. The Morgan fingerprint density at radius 2 is 1.68 bits per heavy atom. The summed E-state index contributed by atoms with van der Waals surface area (Å²) in [6, 6.07) is 18.7. The summed E-state index contributed by atoms with van der Waals surface area (Å²) in [6.45, 7) is 1.03. The maximum absolute atomic E-state index is 14.2. The molecule has 0 aromatic heterocycles. The molecule has 0 fully saturated rings. The fourth-order valence-corrected chi connectivity index (χ4v) is 3.68. The molecule has 0 atom stereocenters. The Bertz CT molecular complexity index is 1010. The van der Waals surface area contributed by atoms with Crippen molar-refractivity contribution in [1.29, 1.82) is 0 Å². The molecule has 0 saturated carbocycles. The lowest BCUT2D eigenvalue weighted by Crippen LogP contribution is -2.19. The monoisotopic (exact) mass is 448 g/mol. The number of para-hydroxylation sites is 1. The van der Waals surface area contributed by atoms with E-state index in [1.807, 2.05) is 32.0 Å². The number of aryl methyl sites for hydroxylation is 1. The third kappa shape index (κ3) is 6.41. The molecular formula is C25H24ClF3O2. The summed E-state index contributed by atoms with van der Waals surface area (Å²) in [4.78, 5) is 0. The predicted molar refractivity (Wildman–Crippen MR) is 117 cm³/mol. The SMILES string of the molecule is CC(C)(CCCc1ccc(F)c(Oc2ccccc2)c1)c1ccc(Cl)cc1OC(F)F. The number of benzene rings is 3. The van der Waals surface area contributed by atoms with Gasteiger partial charge in [-0.1, -0.05) is 55.8 Å². The summed E-state index contributed by atoms with van der Waals surface area (Å²) in [6.07, 6.45) is 2.16. The molecule has 164 valence electrons. The average molecular weight is 449 g/mol. The van der Waals surface area contributed by atoms with E-state index in [0.717, 1.165) is 12.0 Å². The quantitative estimate of drug-likeness (QED) is 0.328. The second-order valence-electron chi connectivity index (χ2n) is 7.94. The van der Waals surface area contributed by atoms with Gasteiger partial charge in [-0.05, 0) is 66.6 Å². The van der Waals surface area contributed by atoms with Gasteiger partial charge in [-0.25, -0.2) is 4.39 Å². The van der Waals surface area contributed by atoms with Crippen molar-refractivity contribution in [1.82, 2.24) is 0 Å².